The van der Waals surface area contributed by atoms with Crippen LogP contribution in [0.5, 0.6) is 0 Å². The van der Waals surface area contributed by atoms with Gasteiger partial charge in [0.15, 0.2) is 0 Å². The van der Waals surface area contributed by atoms with Crippen molar-refractivity contribution in [2.75, 3.05) is 46.4 Å². The second-order valence-electron chi connectivity index (χ2n) is 6.56. The van der Waals surface area contributed by atoms with Crippen molar-refractivity contribution < 1.29 is 4.74 Å². The summed E-state index contributed by atoms with van der Waals surface area (Å²) in [5, 5.41) is 0. The van der Waals surface area contributed by atoms with E-state index in [1.54, 1.807) is 7.11 Å². The first kappa shape index (κ1) is 15.9. The van der Waals surface area contributed by atoms with E-state index in [0.29, 0.717) is 0 Å². The van der Waals surface area contributed by atoms with E-state index < -0.39 is 0 Å². The Labute approximate surface area is 112 Å². The topological polar surface area (TPSA) is 41.7 Å². The Kier molecular flexibility index (Phi) is 5.59. The fourth-order valence-corrected chi connectivity index (χ4v) is 2.24. The van der Waals surface area contributed by atoms with Crippen LogP contribution < -0.4 is 5.73 Å². The van der Waals surface area contributed by atoms with Gasteiger partial charge in [-0.15, -0.1) is 0 Å². The molecule has 1 aliphatic heterocycles. The average molecular weight is 257 g/mol. The molecule has 0 aliphatic carbocycles. The molecule has 0 atom stereocenters. The maximum Gasteiger partial charge on any atom is 0.0634 e. The summed E-state index contributed by atoms with van der Waals surface area (Å²) in [6, 6.07) is 0. The zero-order valence-electron chi connectivity index (χ0n) is 12.8. The van der Waals surface area contributed by atoms with Gasteiger partial charge in [0, 0.05) is 51.9 Å². The third-order valence-corrected chi connectivity index (χ3v) is 4.31. The molecule has 2 N–H and O–H groups in total. The normalized spacial score (nSPS) is 20.3. The van der Waals surface area contributed by atoms with Gasteiger partial charge in [-0.05, 0) is 34.1 Å². The molecule has 0 aromatic rings. The lowest BCUT2D eigenvalue weighted by Crippen LogP contribution is -2.57. The smallest absolute Gasteiger partial charge is 0.0634 e. The van der Waals surface area contributed by atoms with Crippen LogP contribution in [0.2, 0.25) is 0 Å². The summed E-state index contributed by atoms with van der Waals surface area (Å²) < 4.78 is 5.47. The largest absolute Gasteiger partial charge is 0.379 e. The van der Waals surface area contributed by atoms with Crippen molar-refractivity contribution >= 4 is 0 Å². The van der Waals surface area contributed by atoms with Gasteiger partial charge in [0.1, 0.15) is 0 Å². The van der Waals surface area contributed by atoms with Crippen molar-refractivity contribution in [2.24, 2.45) is 5.73 Å². The molecule has 1 rings (SSSR count). The molecule has 0 spiro atoms. The van der Waals surface area contributed by atoms with Crippen molar-refractivity contribution in [3.63, 3.8) is 0 Å². The highest BCUT2D eigenvalue weighted by molar-refractivity contribution is 4.86. The molecule has 18 heavy (non-hydrogen) atoms. The van der Waals surface area contributed by atoms with Crippen LogP contribution >= 0.6 is 0 Å². The Balaban J connectivity index is 2.32. The summed E-state index contributed by atoms with van der Waals surface area (Å²) in [4.78, 5) is 5.04. The summed E-state index contributed by atoms with van der Waals surface area (Å²) in [6.45, 7) is 15.2. The van der Waals surface area contributed by atoms with Crippen molar-refractivity contribution in [3.05, 3.63) is 0 Å². The van der Waals surface area contributed by atoms with E-state index >= 15 is 0 Å². The Morgan fingerprint density at radius 1 is 1.06 bits per heavy atom. The van der Waals surface area contributed by atoms with E-state index in [2.05, 4.69) is 37.5 Å². The van der Waals surface area contributed by atoms with E-state index in [1.807, 2.05) is 0 Å². The van der Waals surface area contributed by atoms with Crippen molar-refractivity contribution in [1.29, 1.82) is 0 Å². The molecule has 0 unspecified atom stereocenters. The van der Waals surface area contributed by atoms with Crippen LogP contribution in [-0.4, -0.2) is 67.3 Å². The van der Waals surface area contributed by atoms with Gasteiger partial charge in [0.25, 0.3) is 0 Å². The number of piperazine rings is 1. The Bertz CT molecular complexity index is 245. The van der Waals surface area contributed by atoms with Crippen LogP contribution in [0.4, 0.5) is 0 Å². The highest BCUT2D eigenvalue weighted by Gasteiger charge is 2.29. The number of nitrogens with zero attached hydrogens (tertiary/aromatic N) is 2. The minimum Gasteiger partial charge on any atom is -0.379 e. The molecule has 0 aromatic carbocycles. The van der Waals surface area contributed by atoms with Crippen molar-refractivity contribution in [1.82, 2.24) is 9.80 Å². The number of ether oxygens (including phenoxy) is 1. The predicted molar refractivity (Wildman–Crippen MR) is 76.9 cm³/mol. The van der Waals surface area contributed by atoms with Gasteiger partial charge in [-0.1, -0.05) is 0 Å². The second-order valence-corrected chi connectivity index (χ2v) is 6.56. The van der Waals surface area contributed by atoms with Gasteiger partial charge in [0.2, 0.25) is 0 Å². The lowest BCUT2D eigenvalue weighted by atomic mass is 10.0. The SMILES string of the molecule is COC(C)(C)CCN1CCN(C(C)(C)CN)CC1. The monoisotopic (exact) mass is 257 g/mol. The highest BCUT2D eigenvalue weighted by atomic mass is 16.5. The van der Waals surface area contributed by atoms with Crippen LogP contribution in [0.25, 0.3) is 0 Å². The van der Waals surface area contributed by atoms with Gasteiger partial charge in [0.05, 0.1) is 5.60 Å². The van der Waals surface area contributed by atoms with E-state index in [4.69, 9.17) is 10.5 Å². The Morgan fingerprint density at radius 2 is 1.61 bits per heavy atom. The first-order chi connectivity index (χ1) is 8.30. The lowest BCUT2D eigenvalue weighted by molar-refractivity contribution is -0.00215. The zero-order chi connectivity index (χ0) is 13.8. The molecule has 0 bridgehead atoms. The first-order valence-corrected chi connectivity index (χ1v) is 7.03. The number of hydrogen-bond acceptors (Lipinski definition) is 4. The van der Waals surface area contributed by atoms with E-state index in [1.165, 1.54) is 0 Å². The third-order valence-electron chi connectivity index (χ3n) is 4.31. The summed E-state index contributed by atoms with van der Waals surface area (Å²) in [5.41, 5.74) is 5.96. The average Bonchev–Trinajstić information content (AvgIpc) is 2.37. The number of nitrogens with two attached hydrogens (primary N) is 1. The Hall–Kier alpha value is -0.160. The lowest BCUT2D eigenvalue weighted by Gasteiger charge is -2.44. The number of rotatable bonds is 6. The molecule has 4 heteroatoms. The standard InChI is InChI=1S/C14H31N3O/c1-13(2,12-15)17-10-8-16(9-11-17)7-6-14(3,4)18-5/h6-12,15H2,1-5H3. The fraction of sp³-hybridized carbons (Fsp3) is 1.00. The fourth-order valence-electron chi connectivity index (χ4n) is 2.24. The molecule has 0 saturated carbocycles. The predicted octanol–water partition coefficient (Wildman–Crippen LogP) is 1.16. The molecule has 1 fully saturated rings. The summed E-state index contributed by atoms with van der Waals surface area (Å²) in [6.07, 6.45) is 1.09. The molecule has 108 valence electrons. The zero-order valence-corrected chi connectivity index (χ0v) is 12.8. The van der Waals surface area contributed by atoms with Crippen LogP contribution in [-0.2, 0) is 4.74 Å². The van der Waals surface area contributed by atoms with Crippen molar-refractivity contribution in [3.8, 4) is 0 Å². The molecule has 0 amide bonds. The van der Waals surface area contributed by atoms with Crippen LogP contribution in [0, 0.1) is 0 Å². The molecule has 0 radical (unpaired) electrons. The first-order valence-electron chi connectivity index (χ1n) is 7.03. The van der Waals surface area contributed by atoms with Crippen LogP contribution in [0.15, 0.2) is 0 Å². The third kappa shape index (κ3) is 4.50. The maximum atomic E-state index is 5.83. The molecule has 1 saturated heterocycles. The molecular formula is C14H31N3O. The molecule has 0 aromatic heterocycles. The van der Waals surface area contributed by atoms with Gasteiger partial charge < -0.3 is 15.4 Å². The van der Waals surface area contributed by atoms with Gasteiger partial charge in [-0.3, -0.25) is 4.90 Å². The summed E-state index contributed by atoms with van der Waals surface area (Å²) in [5.74, 6) is 0. The second kappa shape index (κ2) is 6.33. The maximum absolute atomic E-state index is 5.83. The minimum atomic E-state index is -0.00629. The van der Waals surface area contributed by atoms with E-state index in [-0.39, 0.29) is 11.1 Å². The molecule has 1 aliphatic rings. The van der Waals surface area contributed by atoms with Crippen LogP contribution in [0.1, 0.15) is 34.1 Å². The molecule has 4 nitrogen and oxygen atoms in total. The van der Waals surface area contributed by atoms with E-state index in [0.717, 1.165) is 45.7 Å². The number of hydrogen-bond donors (Lipinski definition) is 1. The molecule has 1 heterocycles. The van der Waals surface area contributed by atoms with E-state index in [9.17, 15) is 0 Å². The Morgan fingerprint density at radius 3 is 2.06 bits per heavy atom. The quantitative estimate of drug-likeness (QED) is 0.775. The molecular weight excluding hydrogens is 226 g/mol. The van der Waals surface area contributed by atoms with Crippen molar-refractivity contribution in [2.45, 2.75) is 45.3 Å². The van der Waals surface area contributed by atoms with Crippen LogP contribution in [0.3, 0.4) is 0 Å². The van der Waals surface area contributed by atoms with Gasteiger partial charge in [-0.25, -0.2) is 0 Å². The summed E-state index contributed by atoms with van der Waals surface area (Å²) >= 11 is 0. The highest BCUT2D eigenvalue weighted by Crippen LogP contribution is 2.18. The van der Waals surface area contributed by atoms with Gasteiger partial charge >= 0.3 is 0 Å². The van der Waals surface area contributed by atoms with Gasteiger partial charge in [-0.2, -0.15) is 0 Å². The summed E-state index contributed by atoms with van der Waals surface area (Å²) in [7, 11) is 1.79. The number of methoxy groups -OCH3 is 1. The minimum absolute atomic E-state index is 0.00629.